The standard InChI is InChI=1S/C12H13NO5S/c1-19(16,17)9-4-2-8(3-5-9)11(14)13-10-6-7-18-12(10)15/h2-5,10H,6-7H2,1H3,(H,13,14)/t10-/m0/s1. The maximum atomic E-state index is 11.8. The van der Waals surface area contributed by atoms with Crippen LogP contribution in [0.4, 0.5) is 0 Å². The molecule has 1 fully saturated rings. The van der Waals surface area contributed by atoms with Gasteiger partial charge in [0.25, 0.3) is 5.91 Å². The molecular weight excluding hydrogens is 270 g/mol. The predicted octanol–water partition coefficient (Wildman–Crippen LogP) is 0.135. The second-order valence-electron chi connectivity index (χ2n) is 4.28. The molecule has 1 aromatic carbocycles. The molecular formula is C12H13NO5S. The summed E-state index contributed by atoms with van der Waals surface area (Å²) in [5.41, 5.74) is 0.298. The molecule has 1 amide bonds. The molecule has 1 saturated heterocycles. The van der Waals surface area contributed by atoms with E-state index in [1.807, 2.05) is 0 Å². The van der Waals surface area contributed by atoms with Crippen LogP contribution in [0.15, 0.2) is 29.2 Å². The Morgan fingerprint density at radius 3 is 2.42 bits per heavy atom. The SMILES string of the molecule is CS(=O)(=O)c1ccc(C(=O)N[C@H]2CCOC2=O)cc1. The summed E-state index contributed by atoms with van der Waals surface area (Å²) in [6, 6.07) is 4.91. The van der Waals surface area contributed by atoms with Crippen LogP contribution < -0.4 is 5.32 Å². The Morgan fingerprint density at radius 2 is 1.95 bits per heavy atom. The molecule has 1 aromatic rings. The van der Waals surface area contributed by atoms with Gasteiger partial charge in [-0.1, -0.05) is 0 Å². The van der Waals surface area contributed by atoms with Crippen molar-refractivity contribution in [1.29, 1.82) is 0 Å². The van der Waals surface area contributed by atoms with Crippen LogP contribution in [0.3, 0.4) is 0 Å². The zero-order valence-electron chi connectivity index (χ0n) is 10.3. The highest BCUT2D eigenvalue weighted by Gasteiger charge is 2.28. The third kappa shape index (κ3) is 3.11. The lowest BCUT2D eigenvalue weighted by Gasteiger charge is -2.09. The zero-order valence-corrected chi connectivity index (χ0v) is 11.1. The number of amides is 1. The highest BCUT2D eigenvalue weighted by atomic mass is 32.2. The van der Waals surface area contributed by atoms with E-state index < -0.39 is 27.8 Å². The smallest absolute Gasteiger partial charge is 0.328 e. The largest absolute Gasteiger partial charge is 0.464 e. The van der Waals surface area contributed by atoms with Crippen LogP contribution in [-0.4, -0.2) is 39.2 Å². The Balaban J connectivity index is 2.10. The molecule has 102 valence electrons. The monoisotopic (exact) mass is 283 g/mol. The Hall–Kier alpha value is -1.89. The van der Waals surface area contributed by atoms with Crippen LogP contribution in [0.5, 0.6) is 0 Å². The number of nitrogens with one attached hydrogen (secondary N) is 1. The number of hydrogen-bond acceptors (Lipinski definition) is 5. The molecule has 19 heavy (non-hydrogen) atoms. The molecule has 0 unspecified atom stereocenters. The van der Waals surface area contributed by atoms with E-state index in [0.29, 0.717) is 18.6 Å². The molecule has 0 aliphatic carbocycles. The van der Waals surface area contributed by atoms with Gasteiger partial charge in [0.15, 0.2) is 9.84 Å². The van der Waals surface area contributed by atoms with Crippen LogP contribution in [0.1, 0.15) is 16.8 Å². The van der Waals surface area contributed by atoms with E-state index >= 15 is 0 Å². The van der Waals surface area contributed by atoms with Crippen molar-refractivity contribution in [2.75, 3.05) is 12.9 Å². The lowest BCUT2D eigenvalue weighted by Crippen LogP contribution is -2.37. The Morgan fingerprint density at radius 1 is 1.32 bits per heavy atom. The third-order valence-electron chi connectivity index (χ3n) is 2.79. The number of benzene rings is 1. The van der Waals surface area contributed by atoms with Gasteiger partial charge in [-0.25, -0.2) is 13.2 Å². The lowest BCUT2D eigenvalue weighted by atomic mass is 10.2. The molecule has 6 nitrogen and oxygen atoms in total. The van der Waals surface area contributed by atoms with Crippen molar-refractivity contribution >= 4 is 21.7 Å². The molecule has 0 bridgehead atoms. The van der Waals surface area contributed by atoms with Gasteiger partial charge < -0.3 is 10.1 Å². The number of rotatable bonds is 3. The summed E-state index contributed by atoms with van der Waals surface area (Å²) in [5.74, 6) is -0.870. The molecule has 1 aliphatic rings. The normalized spacial score (nSPS) is 19.0. The quantitative estimate of drug-likeness (QED) is 0.797. The minimum atomic E-state index is -3.28. The maximum Gasteiger partial charge on any atom is 0.328 e. The van der Waals surface area contributed by atoms with Crippen molar-refractivity contribution in [3.05, 3.63) is 29.8 Å². The van der Waals surface area contributed by atoms with Crippen LogP contribution in [0.25, 0.3) is 0 Å². The number of hydrogen-bond donors (Lipinski definition) is 1. The molecule has 0 aromatic heterocycles. The fourth-order valence-electron chi connectivity index (χ4n) is 1.72. The summed E-state index contributed by atoms with van der Waals surface area (Å²) in [7, 11) is -3.28. The summed E-state index contributed by atoms with van der Waals surface area (Å²) >= 11 is 0. The van der Waals surface area contributed by atoms with Gasteiger partial charge in [0, 0.05) is 18.2 Å². The summed E-state index contributed by atoms with van der Waals surface area (Å²) in [6.45, 7) is 0.302. The maximum absolute atomic E-state index is 11.8. The topological polar surface area (TPSA) is 89.5 Å². The van der Waals surface area contributed by atoms with E-state index in [1.54, 1.807) is 0 Å². The average Bonchev–Trinajstić information content (AvgIpc) is 2.74. The van der Waals surface area contributed by atoms with Gasteiger partial charge in [-0.2, -0.15) is 0 Å². The highest BCUT2D eigenvalue weighted by Crippen LogP contribution is 2.12. The minimum Gasteiger partial charge on any atom is -0.464 e. The van der Waals surface area contributed by atoms with Gasteiger partial charge in [-0.15, -0.1) is 0 Å². The first-order chi connectivity index (χ1) is 8.88. The zero-order chi connectivity index (χ0) is 14.0. The molecule has 1 heterocycles. The molecule has 2 rings (SSSR count). The molecule has 0 saturated carbocycles. The summed E-state index contributed by atoms with van der Waals surface area (Å²) < 4.78 is 27.3. The number of cyclic esters (lactones) is 1. The van der Waals surface area contributed by atoms with Gasteiger partial charge in [0.05, 0.1) is 11.5 Å². The van der Waals surface area contributed by atoms with Gasteiger partial charge in [0.1, 0.15) is 6.04 Å². The number of carbonyl (C=O) groups is 2. The molecule has 0 radical (unpaired) electrons. The first-order valence-electron chi connectivity index (χ1n) is 5.65. The first kappa shape index (κ1) is 13.5. The Bertz CT molecular complexity index is 606. The van der Waals surface area contributed by atoms with E-state index in [2.05, 4.69) is 5.32 Å². The average molecular weight is 283 g/mol. The van der Waals surface area contributed by atoms with Crippen molar-refractivity contribution in [2.45, 2.75) is 17.4 Å². The lowest BCUT2D eigenvalue weighted by molar-refractivity contribution is -0.139. The molecule has 1 N–H and O–H groups in total. The van der Waals surface area contributed by atoms with Crippen LogP contribution in [0.2, 0.25) is 0 Å². The molecule has 7 heteroatoms. The Kier molecular flexibility index (Phi) is 3.57. The Labute approximate surface area is 110 Å². The number of carbonyl (C=O) groups excluding carboxylic acids is 2. The summed E-state index contributed by atoms with van der Waals surface area (Å²) in [4.78, 5) is 23.2. The van der Waals surface area contributed by atoms with E-state index in [9.17, 15) is 18.0 Å². The van der Waals surface area contributed by atoms with Gasteiger partial charge in [0.2, 0.25) is 0 Å². The second kappa shape index (κ2) is 5.00. The van der Waals surface area contributed by atoms with E-state index in [0.717, 1.165) is 6.26 Å². The highest BCUT2D eigenvalue weighted by molar-refractivity contribution is 7.90. The van der Waals surface area contributed by atoms with Gasteiger partial charge in [-0.3, -0.25) is 4.79 Å². The van der Waals surface area contributed by atoms with Crippen molar-refractivity contribution in [3.8, 4) is 0 Å². The van der Waals surface area contributed by atoms with Crippen molar-refractivity contribution < 1.29 is 22.7 Å². The molecule has 1 aliphatic heterocycles. The number of ether oxygens (including phenoxy) is 1. The number of esters is 1. The second-order valence-corrected chi connectivity index (χ2v) is 6.29. The fourth-order valence-corrected chi connectivity index (χ4v) is 2.35. The van der Waals surface area contributed by atoms with Crippen LogP contribution in [0, 0.1) is 0 Å². The van der Waals surface area contributed by atoms with Crippen molar-refractivity contribution in [1.82, 2.24) is 5.32 Å². The third-order valence-corrected chi connectivity index (χ3v) is 3.91. The van der Waals surface area contributed by atoms with E-state index in [4.69, 9.17) is 4.74 Å². The fraction of sp³-hybridized carbons (Fsp3) is 0.333. The van der Waals surface area contributed by atoms with E-state index in [1.165, 1.54) is 24.3 Å². The minimum absolute atomic E-state index is 0.143. The molecule has 1 atom stereocenters. The van der Waals surface area contributed by atoms with Crippen LogP contribution in [-0.2, 0) is 19.4 Å². The first-order valence-corrected chi connectivity index (χ1v) is 7.55. The predicted molar refractivity (Wildman–Crippen MR) is 66.4 cm³/mol. The van der Waals surface area contributed by atoms with Gasteiger partial charge in [-0.05, 0) is 24.3 Å². The van der Waals surface area contributed by atoms with Gasteiger partial charge >= 0.3 is 5.97 Å². The molecule has 0 spiro atoms. The number of sulfone groups is 1. The van der Waals surface area contributed by atoms with E-state index in [-0.39, 0.29) is 4.90 Å². The van der Waals surface area contributed by atoms with Crippen molar-refractivity contribution in [3.63, 3.8) is 0 Å². The summed E-state index contributed by atoms with van der Waals surface area (Å²) in [6.07, 6.45) is 1.54. The van der Waals surface area contributed by atoms with Crippen molar-refractivity contribution in [2.24, 2.45) is 0 Å². The van der Waals surface area contributed by atoms with Crippen LogP contribution >= 0.6 is 0 Å². The summed E-state index contributed by atoms with van der Waals surface area (Å²) in [5, 5.41) is 2.54.